The normalized spacial score (nSPS) is 18.1. The molecule has 0 bridgehead atoms. The van der Waals surface area contributed by atoms with Crippen LogP contribution in [0.15, 0.2) is 22.4 Å². The lowest BCUT2D eigenvalue weighted by Crippen LogP contribution is -2.29. The second kappa shape index (κ2) is 5.58. The standard InChI is InChI=1S/C11H18N6/c1-12-11(13-2)16-9-7-15-17(8-9)10-3-5-14-6-4-10/h7-8,10,14H,1,3-6H2,2H3,(H,13,16). The Hall–Kier alpha value is -1.69. The van der Waals surface area contributed by atoms with E-state index in [0.717, 1.165) is 31.6 Å². The van der Waals surface area contributed by atoms with E-state index < -0.39 is 0 Å². The summed E-state index contributed by atoms with van der Waals surface area (Å²) in [4.78, 5) is 7.72. The number of piperidine rings is 1. The van der Waals surface area contributed by atoms with E-state index in [0.29, 0.717) is 12.0 Å². The highest BCUT2D eigenvalue weighted by Crippen LogP contribution is 2.19. The minimum atomic E-state index is 0.491. The Morgan fingerprint density at radius 2 is 2.35 bits per heavy atom. The molecule has 1 aliphatic rings. The predicted octanol–water partition coefficient (Wildman–Crippen LogP) is 0.906. The Morgan fingerprint density at radius 3 is 3.00 bits per heavy atom. The third-order valence-corrected chi connectivity index (χ3v) is 2.90. The van der Waals surface area contributed by atoms with Crippen LogP contribution >= 0.6 is 0 Å². The highest BCUT2D eigenvalue weighted by atomic mass is 15.3. The summed E-state index contributed by atoms with van der Waals surface area (Å²) in [5, 5.41) is 10.8. The maximum Gasteiger partial charge on any atom is 0.221 e. The number of rotatable bonds is 2. The van der Waals surface area contributed by atoms with Crippen molar-refractivity contribution in [3.63, 3.8) is 0 Å². The third-order valence-electron chi connectivity index (χ3n) is 2.90. The Bertz CT molecular complexity index is 402. The lowest BCUT2D eigenvalue weighted by Gasteiger charge is -2.22. The number of aliphatic imine (C=N–C) groups is 2. The quantitative estimate of drug-likeness (QED) is 0.590. The van der Waals surface area contributed by atoms with Crippen molar-refractivity contribution in [3.05, 3.63) is 12.4 Å². The van der Waals surface area contributed by atoms with Crippen LogP contribution in [0.25, 0.3) is 0 Å². The molecule has 2 heterocycles. The molecule has 0 spiro atoms. The lowest BCUT2D eigenvalue weighted by molar-refractivity contribution is 0.343. The fourth-order valence-corrected chi connectivity index (χ4v) is 1.97. The SMILES string of the molecule is C=N/C(=N\C)Nc1cnn(C2CCNCC2)c1. The highest BCUT2D eigenvalue weighted by molar-refractivity contribution is 5.96. The van der Waals surface area contributed by atoms with Crippen LogP contribution in [0.5, 0.6) is 0 Å². The smallest absolute Gasteiger partial charge is 0.221 e. The zero-order chi connectivity index (χ0) is 12.1. The molecule has 2 rings (SSSR count). The maximum absolute atomic E-state index is 4.37. The molecule has 0 aromatic carbocycles. The molecule has 0 radical (unpaired) electrons. The first-order chi connectivity index (χ1) is 8.33. The minimum absolute atomic E-state index is 0.491. The van der Waals surface area contributed by atoms with Crippen LogP contribution in [0.1, 0.15) is 18.9 Å². The van der Waals surface area contributed by atoms with Gasteiger partial charge in [-0.3, -0.25) is 9.67 Å². The van der Waals surface area contributed by atoms with Crippen LogP contribution in [0, 0.1) is 0 Å². The number of anilines is 1. The molecule has 1 aliphatic heterocycles. The van der Waals surface area contributed by atoms with Gasteiger partial charge in [-0.1, -0.05) is 0 Å². The van der Waals surface area contributed by atoms with Gasteiger partial charge in [0.1, 0.15) is 0 Å². The maximum atomic E-state index is 4.37. The van der Waals surface area contributed by atoms with Crippen molar-refractivity contribution in [3.8, 4) is 0 Å². The molecule has 1 aromatic heterocycles. The molecule has 0 atom stereocenters. The molecule has 17 heavy (non-hydrogen) atoms. The summed E-state index contributed by atoms with van der Waals surface area (Å²) in [5.74, 6) is 0.509. The molecule has 0 unspecified atom stereocenters. The monoisotopic (exact) mass is 234 g/mol. The van der Waals surface area contributed by atoms with Gasteiger partial charge in [0.15, 0.2) is 0 Å². The largest absolute Gasteiger partial charge is 0.322 e. The summed E-state index contributed by atoms with van der Waals surface area (Å²) >= 11 is 0. The molecule has 0 amide bonds. The Balaban J connectivity index is 2.02. The predicted molar refractivity (Wildman–Crippen MR) is 69.9 cm³/mol. The van der Waals surface area contributed by atoms with E-state index in [1.54, 1.807) is 13.2 Å². The number of hydrogen-bond donors (Lipinski definition) is 2. The fourth-order valence-electron chi connectivity index (χ4n) is 1.97. The summed E-state index contributed by atoms with van der Waals surface area (Å²) in [6.45, 7) is 5.56. The summed E-state index contributed by atoms with van der Waals surface area (Å²) in [7, 11) is 1.67. The van der Waals surface area contributed by atoms with Crippen molar-refractivity contribution in [2.45, 2.75) is 18.9 Å². The molecule has 0 aliphatic carbocycles. The zero-order valence-corrected chi connectivity index (χ0v) is 10.1. The number of nitrogens with zero attached hydrogens (tertiary/aromatic N) is 4. The molecule has 2 N–H and O–H groups in total. The summed E-state index contributed by atoms with van der Waals surface area (Å²) < 4.78 is 2.01. The van der Waals surface area contributed by atoms with Gasteiger partial charge in [-0.25, -0.2) is 4.99 Å². The van der Waals surface area contributed by atoms with Crippen LogP contribution in [0.2, 0.25) is 0 Å². The Kier molecular flexibility index (Phi) is 3.87. The summed E-state index contributed by atoms with van der Waals surface area (Å²) in [5.41, 5.74) is 0.900. The fraction of sp³-hybridized carbons (Fsp3) is 0.545. The van der Waals surface area contributed by atoms with Gasteiger partial charge >= 0.3 is 0 Å². The molecule has 92 valence electrons. The van der Waals surface area contributed by atoms with E-state index in [9.17, 15) is 0 Å². The van der Waals surface area contributed by atoms with Crippen LogP contribution in [0.4, 0.5) is 5.69 Å². The van der Waals surface area contributed by atoms with E-state index in [4.69, 9.17) is 0 Å². The van der Waals surface area contributed by atoms with E-state index in [1.165, 1.54) is 0 Å². The van der Waals surface area contributed by atoms with E-state index >= 15 is 0 Å². The van der Waals surface area contributed by atoms with Crippen molar-refractivity contribution in [2.24, 2.45) is 9.98 Å². The van der Waals surface area contributed by atoms with Crippen LogP contribution in [-0.4, -0.2) is 42.6 Å². The van der Waals surface area contributed by atoms with Gasteiger partial charge in [-0.2, -0.15) is 5.10 Å². The third kappa shape index (κ3) is 2.91. The second-order valence-electron chi connectivity index (χ2n) is 4.02. The minimum Gasteiger partial charge on any atom is -0.322 e. The van der Waals surface area contributed by atoms with Gasteiger partial charge in [0.05, 0.1) is 17.9 Å². The van der Waals surface area contributed by atoms with Crippen molar-refractivity contribution >= 4 is 18.4 Å². The zero-order valence-electron chi connectivity index (χ0n) is 10.1. The summed E-state index contributed by atoms with van der Waals surface area (Å²) in [6, 6.07) is 0.491. The Labute approximate surface area is 101 Å². The van der Waals surface area contributed by atoms with Crippen LogP contribution in [-0.2, 0) is 0 Å². The Morgan fingerprint density at radius 1 is 1.59 bits per heavy atom. The van der Waals surface area contributed by atoms with Gasteiger partial charge in [0.2, 0.25) is 5.96 Å². The van der Waals surface area contributed by atoms with Crippen molar-refractivity contribution in [1.29, 1.82) is 0 Å². The van der Waals surface area contributed by atoms with Crippen molar-refractivity contribution in [2.75, 3.05) is 25.5 Å². The van der Waals surface area contributed by atoms with Gasteiger partial charge in [0, 0.05) is 13.2 Å². The van der Waals surface area contributed by atoms with E-state index in [1.807, 2.05) is 10.9 Å². The first kappa shape index (κ1) is 11.8. The molecule has 0 saturated carbocycles. The number of guanidine groups is 1. The number of hydrogen-bond acceptors (Lipinski definition) is 3. The average molecular weight is 234 g/mol. The number of aromatic nitrogens is 2. The first-order valence-electron chi connectivity index (χ1n) is 5.79. The molecule has 1 fully saturated rings. The van der Waals surface area contributed by atoms with Crippen molar-refractivity contribution < 1.29 is 0 Å². The molecule has 6 heteroatoms. The molecule has 1 aromatic rings. The van der Waals surface area contributed by atoms with E-state index in [-0.39, 0.29) is 0 Å². The number of nitrogens with one attached hydrogen (secondary N) is 2. The van der Waals surface area contributed by atoms with Crippen molar-refractivity contribution in [1.82, 2.24) is 15.1 Å². The van der Waals surface area contributed by atoms with E-state index in [2.05, 4.69) is 32.4 Å². The first-order valence-corrected chi connectivity index (χ1v) is 5.79. The van der Waals surface area contributed by atoms with Crippen LogP contribution in [0.3, 0.4) is 0 Å². The van der Waals surface area contributed by atoms with Gasteiger partial charge in [-0.05, 0) is 32.6 Å². The second-order valence-corrected chi connectivity index (χ2v) is 4.02. The van der Waals surface area contributed by atoms with Gasteiger partial charge < -0.3 is 10.6 Å². The molecular formula is C11H18N6. The molecule has 1 saturated heterocycles. The van der Waals surface area contributed by atoms with Gasteiger partial charge in [-0.15, -0.1) is 0 Å². The van der Waals surface area contributed by atoms with Crippen LogP contribution < -0.4 is 10.6 Å². The average Bonchev–Trinajstić information content (AvgIpc) is 2.85. The topological polar surface area (TPSA) is 66.6 Å². The lowest BCUT2D eigenvalue weighted by atomic mass is 10.1. The molecular weight excluding hydrogens is 216 g/mol. The molecule has 6 nitrogen and oxygen atoms in total. The summed E-state index contributed by atoms with van der Waals surface area (Å²) in [6.07, 6.45) is 6.02. The highest BCUT2D eigenvalue weighted by Gasteiger charge is 2.15. The van der Waals surface area contributed by atoms with Gasteiger partial charge in [0.25, 0.3) is 0 Å².